The van der Waals surface area contributed by atoms with Gasteiger partial charge in [0.25, 0.3) is 11.7 Å². The lowest BCUT2D eigenvalue weighted by Gasteiger charge is -2.26. The van der Waals surface area contributed by atoms with Crippen molar-refractivity contribution in [3.05, 3.63) is 117 Å². The van der Waals surface area contributed by atoms with Crippen LogP contribution in [0.1, 0.15) is 17.2 Å². The Morgan fingerprint density at radius 2 is 1.52 bits per heavy atom. The molecule has 4 aromatic carbocycles. The second-order valence-corrected chi connectivity index (χ2v) is 9.07. The number of hydrogen-bond acceptors (Lipinski definition) is 3. The molecule has 1 fully saturated rings. The Labute approximate surface area is 203 Å². The number of halogens is 2. The molecule has 33 heavy (non-hydrogen) atoms. The molecule has 1 saturated heterocycles. The van der Waals surface area contributed by atoms with Crippen molar-refractivity contribution in [3.63, 3.8) is 0 Å². The van der Waals surface area contributed by atoms with Gasteiger partial charge in [0, 0.05) is 20.7 Å². The molecule has 0 radical (unpaired) electrons. The molecule has 1 heterocycles. The van der Waals surface area contributed by atoms with Crippen LogP contribution in [0.15, 0.2) is 101 Å². The van der Waals surface area contributed by atoms with Crippen LogP contribution >= 0.6 is 27.5 Å². The van der Waals surface area contributed by atoms with Gasteiger partial charge in [0.15, 0.2) is 0 Å². The van der Waals surface area contributed by atoms with E-state index in [1.165, 1.54) is 4.90 Å². The van der Waals surface area contributed by atoms with Crippen molar-refractivity contribution in [2.75, 3.05) is 4.90 Å². The molecule has 0 aliphatic carbocycles. The molecule has 1 atom stereocenters. The van der Waals surface area contributed by atoms with E-state index in [0.717, 1.165) is 20.8 Å². The zero-order valence-corrected chi connectivity index (χ0v) is 19.5. The second kappa shape index (κ2) is 8.50. The van der Waals surface area contributed by atoms with Crippen LogP contribution in [0.3, 0.4) is 0 Å². The highest BCUT2D eigenvalue weighted by atomic mass is 79.9. The van der Waals surface area contributed by atoms with Crippen LogP contribution in [0.25, 0.3) is 16.5 Å². The van der Waals surface area contributed by atoms with Crippen molar-refractivity contribution in [2.45, 2.75) is 6.04 Å². The molecule has 1 aliphatic rings. The summed E-state index contributed by atoms with van der Waals surface area (Å²) < 4.78 is 0.839. The number of carbonyl (C=O) groups excluding carboxylic acids is 2. The minimum atomic E-state index is -0.805. The first-order valence-electron chi connectivity index (χ1n) is 10.3. The third kappa shape index (κ3) is 3.73. The highest BCUT2D eigenvalue weighted by molar-refractivity contribution is 9.10. The summed E-state index contributed by atoms with van der Waals surface area (Å²) in [7, 11) is 0. The zero-order chi connectivity index (χ0) is 23.1. The molecule has 1 aliphatic heterocycles. The Morgan fingerprint density at radius 3 is 2.24 bits per heavy atom. The monoisotopic (exact) mass is 517 g/mol. The lowest BCUT2D eigenvalue weighted by Crippen LogP contribution is -2.29. The van der Waals surface area contributed by atoms with Crippen LogP contribution in [0.4, 0.5) is 5.69 Å². The molecule has 6 heteroatoms. The van der Waals surface area contributed by atoms with Gasteiger partial charge in [-0.2, -0.15) is 0 Å². The molecular weight excluding hydrogens is 502 g/mol. The number of anilines is 1. The zero-order valence-electron chi connectivity index (χ0n) is 17.2. The normalized spacial score (nSPS) is 17.6. The fourth-order valence-corrected chi connectivity index (χ4v) is 4.64. The molecule has 0 aromatic heterocycles. The quantitative estimate of drug-likeness (QED) is 0.183. The van der Waals surface area contributed by atoms with Gasteiger partial charge in [-0.05, 0) is 52.7 Å². The summed E-state index contributed by atoms with van der Waals surface area (Å²) in [5, 5.41) is 13.6. The summed E-state index contributed by atoms with van der Waals surface area (Å²) in [5.74, 6) is -1.65. The Hall–Kier alpha value is -3.41. The van der Waals surface area contributed by atoms with Crippen molar-refractivity contribution in [3.8, 4) is 0 Å². The summed E-state index contributed by atoms with van der Waals surface area (Å²) >= 11 is 9.45. The molecule has 0 bridgehead atoms. The number of nitrogens with zero attached hydrogens (tertiary/aromatic N) is 1. The average molecular weight is 519 g/mol. The molecule has 1 amide bonds. The van der Waals surface area contributed by atoms with Gasteiger partial charge in [-0.3, -0.25) is 14.5 Å². The van der Waals surface area contributed by atoms with E-state index in [-0.39, 0.29) is 11.3 Å². The van der Waals surface area contributed by atoms with Crippen molar-refractivity contribution in [1.29, 1.82) is 0 Å². The number of aliphatic hydroxyl groups is 1. The van der Waals surface area contributed by atoms with Gasteiger partial charge in [0.2, 0.25) is 0 Å². The summed E-state index contributed by atoms with van der Waals surface area (Å²) in [5.41, 5.74) is 1.78. The topological polar surface area (TPSA) is 57.6 Å². The molecule has 1 N–H and O–H groups in total. The van der Waals surface area contributed by atoms with Crippen molar-refractivity contribution in [1.82, 2.24) is 0 Å². The van der Waals surface area contributed by atoms with Gasteiger partial charge in [-0.1, -0.05) is 82.1 Å². The molecule has 4 nitrogen and oxygen atoms in total. The second-order valence-electron chi connectivity index (χ2n) is 7.72. The molecule has 5 rings (SSSR count). The number of Topliss-reactive ketones (excluding diaryl/α,β-unsaturated/α-hetero) is 1. The minimum absolute atomic E-state index is 0.0497. The fraction of sp³-hybridized carbons (Fsp3) is 0.0370. The van der Waals surface area contributed by atoms with E-state index in [1.54, 1.807) is 48.5 Å². The molecule has 162 valence electrons. The van der Waals surface area contributed by atoms with E-state index in [4.69, 9.17) is 11.6 Å². The lowest BCUT2D eigenvalue weighted by molar-refractivity contribution is -0.132. The molecule has 4 aromatic rings. The Kier molecular flexibility index (Phi) is 5.52. The molecule has 1 unspecified atom stereocenters. The largest absolute Gasteiger partial charge is 0.507 e. The smallest absolute Gasteiger partial charge is 0.300 e. The van der Waals surface area contributed by atoms with Gasteiger partial charge >= 0.3 is 0 Å². The number of rotatable bonds is 3. The summed E-state index contributed by atoms with van der Waals surface area (Å²) in [6.45, 7) is 0. The van der Waals surface area contributed by atoms with Crippen molar-refractivity contribution >= 4 is 61.4 Å². The van der Waals surface area contributed by atoms with E-state index in [2.05, 4.69) is 15.9 Å². The van der Waals surface area contributed by atoms with Crippen molar-refractivity contribution < 1.29 is 14.7 Å². The highest BCUT2D eigenvalue weighted by Gasteiger charge is 2.47. The van der Waals surface area contributed by atoms with E-state index in [0.29, 0.717) is 16.3 Å². The van der Waals surface area contributed by atoms with Crippen LogP contribution in [-0.4, -0.2) is 16.8 Å². The summed E-state index contributed by atoms with van der Waals surface area (Å²) in [6.07, 6.45) is 0. The van der Waals surface area contributed by atoms with Crippen molar-refractivity contribution in [2.24, 2.45) is 0 Å². The molecule has 0 saturated carbocycles. The third-order valence-corrected chi connectivity index (χ3v) is 6.57. The maximum Gasteiger partial charge on any atom is 0.300 e. The first-order valence-corrected chi connectivity index (χ1v) is 11.4. The SMILES string of the molecule is O=C1C(=O)N(c2ccc(Cl)cc2)C(c2cccc3ccccc23)/C1=C(/O)c1ccc(Br)cc1. The number of ketones is 1. The van der Waals surface area contributed by atoms with Gasteiger partial charge < -0.3 is 5.11 Å². The van der Waals surface area contributed by atoms with Crippen LogP contribution < -0.4 is 4.90 Å². The Bertz CT molecular complexity index is 1420. The number of amides is 1. The van der Waals surface area contributed by atoms with Crippen LogP contribution in [-0.2, 0) is 9.59 Å². The number of hydrogen-bond donors (Lipinski definition) is 1. The molecular formula is C27H17BrClNO3. The van der Waals surface area contributed by atoms with Crippen LogP contribution in [0.5, 0.6) is 0 Å². The maximum atomic E-state index is 13.3. The van der Waals surface area contributed by atoms with Crippen LogP contribution in [0, 0.1) is 0 Å². The van der Waals surface area contributed by atoms with E-state index in [9.17, 15) is 14.7 Å². The first kappa shape index (κ1) is 21.4. The lowest BCUT2D eigenvalue weighted by atomic mass is 9.91. The predicted octanol–water partition coefficient (Wildman–Crippen LogP) is 6.88. The Morgan fingerprint density at radius 1 is 0.848 bits per heavy atom. The standard InChI is InChI=1S/C27H17BrClNO3/c28-18-10-8-17(9-11-18)25(31)23-24(22-7-3-5-16-4-1-2-6-21(16)22)30(27(33)26(23)32)20-14-12-19(29)13-15-20/h1-15,24,31H/b25-23-. The van der Waals surface area contributed by atoms with E-state index < -0.39 is 17.7 Å². The summed E-state index contributed by atoms with van der Waals surface area (Å²) in [6, 6.07) is 26.4. The average Bonchev–Trinajstić information content (AvgIpc) is 3.09. The van der Waals surface area contributed by atoms with Crippen LogP contribution in [0.2, 0.25) is 5.02 Å². The van der Waals surface area contributed by atoms with Gasteiger partial charge in [-0.15, -0.1) is 0 Å². The number of benzene rings is 4. The Balaban J connectivity index is 1.80. The minimum Gasteiger partial charge on any atom is -0.507 e. The highest BCUT2D eigenvalue weighted by Crippen LogP contribution is 2.44. The number of fused-ring (bicyclic) bond motifs is 1. The number of carbonyl (C=O) groups is 2. The molecule has 0 spiro atoms. The van der Waals surface area contributed by atoms with Gasteiger partial charge in [-0.25, -0.2) is 0 Å². The van der Waals surface area contributed by atoms with Gasteiger partial charge in [0.1, 0.15) is 5.76 Å². The third-order valence-electron chi connectivity index (χ3n) is 5.78. The van der Waals surface area contributed by atoms with Gasteiger partial charge in [0.05, 0.1) is 11.6 Å². The number of aliphatic hydroxyl groups excluding tert-OH is 1. The summed E-state index contributed by atoms with van der Waals surface area (Å²) in [4.78, 5) is 28.0. The maximum absolute atomic E-state index is 13.3. The van der Waals surface area contributed by atoms with E-state index in [1.807, 2.05) is 42.5 Å². The van der Waals surface area contributed by atoms with E-state index >= 15 is 0 Å². The first-order chi connectivity index (χ1) is 16.0. The fourth-order valence-electron chi connectivity index (χ4n) is 4.25. The predicted molar refractivity (Wildman–Crippen MR) is 134 cm³/mol.